The number of rotatable bonds is 2. The van der Waals surface area contributed by atoms with Crippen molar-refractivity contribution in [3.63, 3.8) is 0 Å². The summed E-state index contributed by atoms with van der Waals surface area (Å²) in [5.74, 6) is 4.03. The van der Waals surface area contributed by atoms with Crippen LogP contribution in [0.25, 0.3) is 0 Å². The van der Waals surface area contributed by atoms with Gasteiger partial charge in [0.15, 0.2) is 0 Å². The molecule has 4 fully saturated rings. The van der Waals surface area contributed by atoms with Crippen LogP contribution in [0.3, 0.4) is 0 Å². The lowest BCUT2D eigenvalue weighted by Crippen LogP contribution is -2.44. The maximum Gasteiger partial charge on any atom is 0.119 e. The highest BCUT2D eigenvalue weighted by molar-refractivity contribution is 5.57. The van der Waals surface area contributed by atoms with Crippen LogP contribution in [0.2, 0.25) is 0 Å². The molecule has 0 spiro atoms. The van der Waals surface area contributed by atoms with Crippen molar-refractivity contribution in [1.29, 1.82) is 0 Å². The van der Waals surface area contributed by atoms with E-state index in [9.17, 15) is 20.4 Å². The molecule has 0 saturated heterocycles. The number of benzene rings is 2. The van der Waals surface area contributed by atoms with Crippen LogP contribution in [-0.4, -0.2) is 32.6 Å². The van der Waals surface area contributed by atoms with Gasteiger partial charge in [-0.3, -0.25) is 0 Å². The Hall–Kier alpha value is -2.04. The van der Waals surface area contributed by atoms with E-state index in [-0.39, 0.29) is 23.0 Å². The molecule has 0 radical (unpaired) electrons. The first-order valence-corrected chi connectivity index (χ1v) is 17.5. The molecule has 2 aromatic rings. The van der Waals surface area contributed by atoms with E-state index in [1.165, 1.54) is 22.3 Å². The van der Waals surface area contributed by atoms with Gasteiger partial charge in [0.05, 0.1) is 12.2 Å². The van der Waals surface area contributed by atoms with Crippen LogP contribution < -0.4 is 0 Å². The molecule has 8 rings (SSSR count). The summed E-state index contributed by atoms with van der Waals surface area (Å²) in [6.45, 7) is 9.01. The van der Waals surface area contributed by atoms with Crippen molar-refractivity contribution in [1.82, 2.24) is 0 Å². The van der Waals surface area contributed by atoms with Crippen LogP contribution in [0.1, 0.15) is 137 Å². The fraction of sp³-hybridized carbons (Fsp3) is 0.692. The third-order valence-corrected chi connectivity index (χ3v) is 14.9. The van der Waals surface area contributed by atoms with Gasteiger partial charge in [0.2, 0.25) is 0 Å². The summed E-state index contributed by atoms with van der Waals surface area (Å²) in [6, 6.07) is 8.70. The van der Waals surface area contributed by atoms with Gasteiger partial charge in [-0.1, -0.05) is 39.8 Å². The second-order valence-corrected chi connectivity index (χ2v) is 16.9. The SMILES string of the molecule is CC(C)(c1cc2c(cc1O)CCC1C2CC[C@]2(C)[C@@H](O)CC[C@@H]12)c1cc2c(cc1O)CCC1C2CC[C@]2(C)[C@@H](O)CC[C@@H]12. The molecule has 0 aromatic heterocycles. The summed E-state index contributed by atoms with van der Waals surface area (Å²) >= 11 is 0. The third-order valence-electron chi connectivity index (χ3n) is 14.9. The number of phenols is 2. The molecule has 232 valence electrons. The molecule has 4 N–H and O–H groups in total. The van der Waals surface area contributed by atoms with Gasteiger partial charge in [-0.25, -0.2) is 0 Å². The number of phenolic OH excluding ortho intramolecular Hbond substituents is 2. The Morgan fingerprint density at radius 3 is 1.44 bits per heavy atom. The quantitative estimate of drug-likeness (QED) is 0.290. The Kier molecular flexibility index (Phi) is 6.27. The summed E-state index contributed by atoms with van der Waals surface area (Å²) in [5, 5.41) is 44.8. The third kappa shape index (κ3) is 3.87. The number of hydrogen-bond donors (Lipinski definition) is 4. The van der Waals surface area contributed by atoms with Gasteiger partial charge in [-0.05, 0) is 158 Å². The average Bonchev–Trinajstić information content (AvgIpc) is 3.46. The predicted octanol–water partition coefficient (Wildman–Crippen LogP) is 7.86. The Balaban J connectivity index is 1.16. The second kappa shape index (κ2) is 9.49. The monoisotopic (exact) mass is 584 g/mol. The number of fused-ring (bicyclic) bond motifs is 10. The highest BCUT2D eigenvalue weighted by Crippen LogP contribution is 2.63. The highest BCUT2D eigenvalue weighted by atomic mass is 16.3. The fourth-order valence-corrected chi connectivity index (χ4v) is 12.3. The Morgan fingerprint density at radius 1 is 0.605 bits per heavy atom. The molecular weight excluding hydrogens is 532 g/mol. The first kappa shape index (κ1) is 28.4. The highest BCUT2D eigenvalue weighted by Gasteiger charge is 2.56. The predicted molar refractivity (Wildman–Crippen MR) is 170 cm³/mol. The van der Waals surface area contributed by atoms with Crippen molar-refractivity contribution in [2.24, 2.45) is 34.5 Å². The van der Waals surface area contributed by atoms with Gasteiger partial charge < -0.3 is 20.4 Å². The Labute approximate surface area is 257 Å². The molecule has 4 nitrogen and oxygen atoms in total. The first-order chi connectivity index (χ1) is 20.4. The van der Waals surface area contributed by atoms with Crippen LogP contribution >= 0.6 is 0 Å². The minimum atomic E-state index is -0.558. The van der Waals surface area contributed by atoms with Crippen molar-refractivity contribution < 1.29 is 20.4 Å². The lowest BCUT2D eigenvalue weighted by atomic mass is 9.55. The van der Waals surface area contributed by atoms with Crippen molar-refractivity contribution in [2.45, 2.75) is 134 Å². The minimum absolute atomic E-state index is 0.0532. The Morgan fingerprint density at radius 2 is 1.02 bits per heavy atom. The molecule has 10 atom stereocenters. The molecule has 43 heavy (non-hydrogen) atoms. The van der Waals surface area contributed by atoms with Crippen LogP contribution in [0, 0.1) is 34.5 Å². The molecule has 2 aromatic carbocycles. The lowest BCUT2D eigenvalue weighted by molar-refractivity contribution is -0.0226. The normalized spacial score (nSPS) is 41.4. The van der Waals surface area contributed by atoms with Gasteiger partial charge in [-0.15, -0.1) is 0 Å². The van der Waals surface area contributed by atoms with Crippen LogP contribution in [-0.2, 0) is 18.3 Å². The lowest BCUT2D eigenvalue weighted by Gasteiger charge is -2.50. The van der Waals surface area contributed by atoms with E-state index in [1.54, 1.807) is 0 Å². The zero-order chi connectivity index (χ0) is 30.1. The zero-order valence-corrected chi connectivity index (χ0v) is 26.7. The van der Waals surface area contributed by atoms with Crippen molar-refractivity contribution in [3.8, 4) is 11.5 Å². The van der Waals surface area contributed by atoms with Crippen LogP contribution in [0.15, 0.2) is 24.3 Å². The molecule has 4 unspecified atom stereocenters. The van der Waals surface area contributed by atoms with E-state index in [0.717, 1.165) is 88.2 Å². The zero-order valence-electron chi connectivity index (χ0n) is 26.7. The Bertz CT molecular complexity index is 1350. The van der Waals surface area contributed by atoms with Gasteiger partial charge in [0, 0.05) is 16.5 Å². The van der Waals surface area contributed by atoms with Gasteiger partial charge in [0.1, 0.15) is 11.5 Å². The first-order valence-electron chi connectivity index (χ1n) is 17.5. The number of aliphatic hydroxyl groups excluding tert-OH is 2. The minimum Gasteiger partial charge on any atom is -0.508 e. The standard InChI is InChI=1S/C39H52O4/c1-37(2,31-19-27-21(17-33(31)40)5-7-25-23(27)13-15-38(3)29(25)9-11-35(38)42)32-20-28-22(18-34(32)41)6-8-26-24(28)14-16-39(4)30(26)10-12-36(39)43/h17-20,23-26,29-30,35-36,40-43H,5-16H2,1-4H3/t23?,24?,25?,26?,29-,30-,35-,36-,38-,39-/m0/s1. The fourth-order valence-electron chi connectivity index (χ4n) is 12.3. The topological polar surface area (TPSA) is 80.9 Å². The van der Waals surface area contributed by atoms with Crippen molar-refractivity contribution >= 4 is 0 Å². The van der Waals surface area contributed by atoms with E-state index < -0.39 is 5.41 Å². The molecule has 4 saturated carbocycles. The van der Waals surface area contributed by atoms with E-state index in [2.05, 4.69) is 39.8 Å². The second-order valence-electron chi connectivity index (χ2n) is 16.9. The maximum absolute atomic E-state index is 11.5. The maximum atomic E-state index is 11.5. The van der Waals surface area contributed by atoms with Crippen molar-refractivity contribution in [3.05, 3.63) is 57.6 Å². The van der Waals surface area contributed by atoms with Gasteiger partial charge in [-0.2, -0.15) is 0 Å². The molecular formula is C39H52O4. The summed E-state index contributed by atoms with van der Waals surface area (Å²) in [5.41, 5.74) is 6.79. The summed E-state index contributed by atoms with van der Waals surface area (Å²) in [4.78, 5) is 0. The molecule has 6 aliphatic rings. The van der Waals surface area contributed by atoms with E-state index in [1.807, 2.05) is 12.1 Å². The van der Waals surface area contributed by atoms with Gasteiger partial charge >= 0.3 is 0 Å². The molecule has 0 heterocycles. The number of aryl methyl sites for hydroxylation is 2. The number of aliphatic hydroxyl groups is 2. The van der Waals surface area contributed by atoms with E-state index in [0.29, 0.717) is 47.0 Å². The number of hydrogen-bond acceptors (Lipinski definition) is 4. The average molecular weight is 585 g/mol. The van der Waals surface area contributed by atoms with E-state index >= 15 is 0 Å². The van der Waals surface area contributed by atoms with Crippen LogP contribution in [0.5, 0.6) is 11.5 Å². The number of aromatic hydroxyl groups is 2. The molecule has 6 aliphatic carbocycles. The largest absolute Gasteiger partial charge is 0.508 e. The summed E-state index contributed by atoms with van der Waals surface area (Å²) in [7, 11) is 0. The summed E-state index contributed by atoms with van der Waals surface area (Å²) < 4.78 is 0. The molecule has 4 heteroatoms. The van der Waals surface area contributed by atoms with E-state index in [4.69, 9.17) is 0 Å². The molecule has 0 aliphatic heterocycles. The van der Waals surface area contributed by atoms with Crippen molar-refractivity contribution in [2.75, 3.05) is 0 Å². The summed E-state index contributed by atoms with van der Waals surface area (Å²) in [6.07, 6.45) is 12.5. The van der Waals surface area contributed by atoms with Gasteiger partial charge in [0.25, 0.3) is 0 Å². The molecule has 0 amide bonds. The smallest absolute Gasteiger partial charge is 0.119 e. The molecule has 0 bridgehead atoms. The van der Waals surface area contributed by atoms with Crippen LogP contribution in [0.4, 0.5) is 0 Å².